The van der Waals surface area contributed by atoms with Gasteiger partial charge in [0.25, 0.3) is 5.56 Å². The largest absolute Gasteiger partial charge is 0.381 e. The molecule has 154 valence electrons. The van der Waals surface area contributed by atoms with Crippen LogP contribution in [0.3, 0.4) is 0 Å². The molecule has 0 aliphatic carbocycles. The lowest BCUT2D eigenvalue weighted by atomic mass is 10.1. The molecule has 0 atom stereocenters. The highest BCUT2D eigenvalue weighted by molar-refractivity contribution is 5.87. The van der Waals surface area contributed by atoms with Crippen LogP contribution in [0.2, 0.25) is 0 Å². The first-order valence-corrected chi connectivity index (χ1v) is 9.85. The number of hydrogen-bond donors (Lipinski definition) is 1. The minimum atomic E-state index is -0.454. The van der Waals surface area contributed by atoms with E-state index in [-0.39, 0.29) is 10.9 Å². The van der Waals surface area contributed by atoms with Crippen LogP contribution in [-0.2, 0) is 6.54 Å². The maximum Gasteiger partial charge on any atom is 0.261 e. The van der Waals surface area contributed by atoms with Crippen molar-refractivity contribution in [2.75, 3.05) is 32.5 Å². The first-order valence-electron chi connectivity index (χ1n) is 9.85. The second-order valence-corrected chi connectivity index (χ2v) is 7.68. The van der Waals surface area contributed by atoms with Gasteiger partial charge in [0.05, 0.1) is 16.6 Å². The maximum absolute atomic E-state index is 14.5. The summed E-state index contributed by atoms with van der Waals surface area (Å²) in [5, 5.41) is 3.36. The van der Waals surface area contributed by atoms with Crippen LogP contribution in [0.15, 0.2) is 41.2 Å². The number of rotatable bonds is 6. The van der Waals surface area contributed by atoms with Gasteiger partial charge < -0.3 is 10.2 Å². The van der Waals surface area contributed by atoms with Crippen molar-refractivity contribution in [1.82, 2.24) is 14.5 Å². The predicted octanol–water partition coefficient (Wildman–Crippen LogP) is 3.27. The normalized spacial score (nSPS) is 14.5. The van der Waals surface area contributed by atoms with Gasteiger partial charge in [-0.2, -0.15) is 0 Å². The molecule has 1 aliphatic heterocycles. The Morgan fingerprint density at radius 3 is 2.63 bits per heavy atom. The summed E-state index contributed by atoms with van der Waals surface area (Å²) in [6, 6.07) is 10.1. The lowest BCUT2D eigenvalue weighted by molar-refractivity contribution is 0.112. The molecule has 7 heteroatoms. The van der Waals surface area contributed by atoms with E-state index in [1.807, 2.05) is 37.2 Å². The van der Waals surface area contributed by atoms with Crippen molar-refractivity contribution in [2.24, 2.45) is 0 Å². The molecule has 0 radical (unpaired) electrons. The summed E-state index contributed by atoms with van der Waals surface area (Å²) in [4.78, 5) is 30.5. The third-order valence-electron chi connectivity index (χ3n) is 5.22. The van der Waals surface area contributed by atoms with Crippen molar-refractivity contribution in [1.29, 1.82) is 0 Å². The van der Waals surface area contributed by atoms with Crippen LogP contribution in [0.5, 0.6) is 0 Å². The van der Waals surface area contributed by atoms with E-state index < -0.39 is 5.82 Å². The average molecular weight is 406 g/mol. The highest BCUT2D eigenvalue weighted by atomic mass is 19.1. The number of nitrogens with zero attached hydrogens (tertiary/aromatic N) is 3. The fraction of sp³-hybridized carbons (Fsp3) is 0.261. The number of anilines is 1. The van der Waals surface area contributed by atoms with Crippen LogP contribution < -0.4 is 10.9 Å². The van der Waals surface area contributed by atoms with Gasteiger partial charge in [-0.15, -0.1) is 0 Å². The zero-order valence-corrected chi connectivity index (χ0v) is 17.0. The van der Waals surface area contributed by atoms with Crippen LogP contribution in [0.4, 0.5) is 10.1 Å². The zero-order chi connectivity index (χ0) is 21.3. The lowest BCUT2D eigenvalue weighted by Gasteiger charge is -2.13. The van der Waals surface area contributed by atoms with Crippen molar-refractivity contribution in [3.05, 3.63) is 69.5 Å². The Kier molecular flexibility index (Phi) is 5.46. The van der Waals surface area contributed by atoms with E-state index in [0.29, 0.717) is 42.1 Å². The molecule has 30 heavy (non-hydrogen) atoms. The number of fused-ring (bicyclic) bond motifs is 2. The van der Waals surface area contributed by atoms with Crippen LogP contribution in [0, 0.1) is 5.82 Å². The molecule has 0 fully saturated rings. The van der Waals surface area contributed by atoms with Gasteiger partial charge in [0.15, 0.2) is 0 Å². The second-order valence-electron chi connectivity index (χ2n) is 7.68. The Labute approximate surface area is 173 Å². The quantitative estimate of drug-likeness (QED) is 0.637. The molecule has 0 unspecified atom stereocenters. The van der Waals surface area contributed by atoms with Gasteiger partial charge in [-0.25, -0.2) is 9.37 Å². The summed E-state index contributed by atoms with van der Waals surface area (Å²) >= 11 is 0. The Morgan fingerprint density at radius 2 is 1.93 bits per heavy atom. The van der Waals surface area contributed by atoms with E-state index in [0.717, 1.165) is 24.0 Å². The smallest absolute Gasteiger partial charge is 0.261 e. The molecule has 3 aromatic rings. The number of carbonyl (C=O) groups is 1. The van der Waals surface area contributed by atoms with E-state index in [2.05, 4.69) is 5.32 Å². The molecule has 1 N–H and O–H groups in total. The molecular formula is C23H23FN4O2. The first kappa shape index (κ1) is 20.0. The van der Waals surface area contributed by atoms with Gasteiger partial charge in [0.1, 0.15) is 17.9 Å². The first-order chi connectivity index (χ1) is 14.5. The van der Waals surface area contributed by atoms with E-state index in [4.69, 9.17) is 4.98 Å². The Hall–Kier alpha value is -3.32. The molecule has 4 rings (SSSR count). The third-order valence-corrected chi connectivity index (χ3v) is 5.22. The van der Waals surface area contributed by atoms with E-state index >= 15 is 0 Å². The molecule has 1 aromatic heterocycles. The van der Waals surface area contributed by atoms with E-state index in [9.17, 15) is 14.0 Å². The number of likely N-dealkylation sites (N-methyl/N-ethyl adjacent to an activating group) is 1. The maximum atomic E-state index is 14.5. The van der Waals surface area contributed by atoms with E-state index in [1.54, 1.807) is 22.8 Å². The van der Waals surface area contributed by atoms with Crippen LogP contribution >= 0.6 is 0 Å². The highest BCUT2D eigenvalue weighted by Gasteiger charge is 2.22. The number of aromatic nitrogens is 2. The minimum absolute atomic E-state index is 0.228. The van der Waals surface area contributed by atoms with Gasteiger partial charge in [-0.3, -0.25) is 14.2 Å². The molecule has 2 aromatic carbocycles. The fourth-order valence-corrected chi connectivity index (χ4v) is 3.60. The van der Waals surface area contributed by atoms with Crippen LogP contribution in [0.25, 0.3) is 22.6 Å². The summed E-state index contributed by atoms with van der Waals surface area (Å²) in [5.74, 6) is 0.155. The number of nitrogens with one attached hydrogen (secondary N) is 1. The summed E-state index contributed by atoms with van der Waals surface area (Å²) in [7, 11) is 3.90. The molecule has 0 bridgehead atoms. The van der Waals surface area contributed by atoms with Crippen LogP contribution in [-0.4, -0.2) is 47.9 Å². The molecule has 1 aliphatic rings. The predicted molar refractivity (Wildman–Crippen MR) is 117 cm³/mol. The number of halogens is 1. The molecule has 0 amide bonds. The van der Waals surface area contributed by atoms with Gasteiger partial charge in [0, 0.05) is 25.2 Å². The number of hydrogen-bond acceptors (Lipinski definition) is 5. The summed E-state index contributed by atoms with van der Waals surface area (Å²) < 4.78 is 16.1. The number of allylic oxidation sites excluding steroid dienone is 1. The molecule has 0 saturated heterocycles. The van der Waals surface area contributed by atoms with Crippen molar-refractivity contribution < 1.29 is 9.18 Å². The lowest BCUT2D eigenvalue weighted by Crippen LogP contribution is -2.22. The number of benzene rings is 2. The van der Waals surface area contributed by atoms with Gasteiger partial charge in [0.2, 0.25) is 0 Å². The number of aldehydes is 1. The Balaban J connectivity index is 1.73. The minimum Gasteiger partial charge on any atom is -0.381 e. The molecule has 2 heterocycles. The molecule has 6 nitrogen and oxygen atoms in total. The summed E-state index contributed by atoms with van der Waals surface area (Å²) in [5.41, 5.74) is 3.08. The standard InChI is InChI=1S/C23H23FN4O2/c1-27(2)10-8-25-21-13-20-18(12-19(21)24)23(30)28-9-7-17(22(28)26-20)11-15-3-5-16(14-29)6-4-15/h3-6,11-14,25H,7-10H2,1-2H3/b17-11+. The topological polar surface area (TPSA) is 67.2 Å². The highest BCUT2D eigenvalue weighted by Crippen LogP contribution is 2.29. The van der Waals surface area contributed by atoms with E-state index in [1.165, 1.54) is 6.07 Å². The van der Waals surface area contributed by atoms with Crippen molar-refractivity contribution >= 4 is 34.5 Å². The molecule has 0 saturated carbocycles. The van der Waals surface area contributed by atoms with Gasteiger partial charge in [-0.05, 0) is 49.9 Å². The second kappa shape index (κ2) is 8.20. The monoisotopic (exact) mass is 406 g/mol. The summed E-state index contributed by atoms with van der Waals surface area (Å²) in [6.07, 6.45) is 3.45. The summed E-state index contributed by atoms with van der Waals surface area (Å²) in [6.45, 7) is 1.86. The zero-order valence-electron chi connectivity index (χ0n) is 17.0. The van der Waals surface area contributed by atoms with Crippen LogP contribution in [0.1, 0.15) is 28.2 Å². The SMILES string of the molecule is CN(C)CCNc1cc2nc3n(c(=O)c2cc1F)CC/C3=C\c1ccc(C=O)cc1. The van der Waals surface area contributed by atoms with Gasteiger partial charge >= 0.3 is 0 Å². The van der Waals surface area contributed by atoms with Gasteiger partial charge in [-0.1, -0.05) is 24.3 Å². The molecular weight excluding hydrogens is 383 g/mol. The Morgan fingerprint density at radius 1 is 1.20 bits per heavy atom. The average Bonchev–Trinajstić information content (AvgIpc) is 3.12. The molecule has 0 spiro atoms. The Bertz CT molecular complexity index is 1200. The third kappa shape index (κ3) is 3.89. The van der Waals surface area contributed by atoms with Crippen molar-refractivity contribution in [3.63, 3.8) is 0 Å². The fourth-order valence-electron chi connectivity index (χ4n) is 3.60. The van der Waals surface area contributed by atoms with Crippen molar-refractivity contribution in [3.8, 4) is 0 Å². The van der Waals surface area contributed by atoms with Crippen molar-refractivity contribution in [2.45, 2.75) is 13.0 Å². The number of carbonyl (C=O) groups excluding carboxylic acids is 1.